The van der Waals surface area contributed by atoms with E-state index in [1.807, 2.05) is 0 Å². The number of carboxylic acid groups (broad SMARTS) is 1. The molecule has 0 aliphatic rings. The number of hydrogen-bond donors (Lipinski definition) is 4. The van der Waals surface area contributed by atoms with Crippen molar-refractivity contribution >= 4 is 24.3 Å². The Morgan fingerprint density at radius 3 is 2.65 bits per heavy atom. The molecular formula is C7H16ClN5O4. The van der Waals surface area contributed by atoms with Crippen LogP contribution in [0.3, 0.4) is 0 Å². The molecule has 0 fully saturated rings. The van der Waals surface area contributed by atoms with Crippen LogP contribution in [0.1, 0.15) is 12.8 Å². The monoisotopic (exact) mass is 269 g/mol. The Kier molecular flexibility index (Phi) is 10.0. The standard InChI is InChI=1S/C7H15N5O4.ClH/c1-9-5(6(13)14)3-2-4-10-7(8)11-12(15)16;/h5,9H,2-4H2,1H3,(H,13,14)(H3,8,10,11);1H/t5-;/m0./s1. The van der Waals surface area contributed by atoms with Crippen molar-refractivity contribution in [3.63, 3.8) is 0 Å². The topological polar surface area (TPSA) is 143 Å². The Hall–Kier alpha value is -1.61. The fourth-order valence-electron chi connectivity index (χ4n) is 1.02. The van der Waals surface area contributed by atoms with Crippen molar-refractivity contribution < 1.29 is 14.9 Å². The molecule has 17 heavy (non-hydrogen) atoms. The van der Waals surface area contributed by atoms with Crippen LogP contribution in [0.2, 0.25) is 0 Å². The molecule has 1 atom stereocenters. The highest BCUT2D eigenvalue weighted by Crippen LogP contribution is 1.97. The number of likely N-dealkylation sites (N-methyl/N-ethyl adjacent to an activating group) is 1. The molecule has 0 bridgehead atoms. The molecule has 0 heterocycles. The molecule has 0 aromatic carbocycles. The molecule has 0 aromatic heterocycles. The number of nitrogens with one attached hydrogen (secondary N) is 2. The molecule has 0 saturated heterocycles. The van der Waals surface area contributed by atoms with Gasteiger partial charge in [-0.2, -0.15) is 0 Å². The number of hydrazine groups is 1. The van der Waals surface area contributed by atoms with Gasteiger partial charge in [0.1, 0.15) is 6.04 Å². The van der Waals surface area contributed by atoms with Gasteiger partial charge in [-0.25, -0.2) is 15.1 Å². The summed E-state index contributed by atoms with van der Waals surface area (Å²) in [6.07, 6.45) is 0.846. The highest BCUT2D eigenvalue weighted by atomic mass is 35.5. The summed E-state index contributed by atoms with van der Waals surface area (Å²) < 4.78 is 0. The summed E-state index contributed by atoms with van der Waals surface area (Å²) in [6, 6.07) is -0.639. The van der Waals surface area contributed by atoms with Crippen LogP contribution < -0.4 is 16.5 Å². The minimum absolute atomic E-state index is 0. The van der Waals surface area contributed by atoms with Gasteiger partial charge < -0.3 is 16.2 Å². The first kappa shape index (κ1) is 17.8. The number of carboxylic acids is 1. The van der Waals surface area contributed by atoms with Crippen LogP contribution in [0.15, 0.2) is 4.99 Å². The Morgan fingerprint density at radius 1 is 1.65 bits per heavy atom. The summed E-state index contributed by atoms with van der Waals surface area (Å²) >= 11 is 0. The Bertz CT molecular complexity index is 285. The summed E-state index contributed by atoms with van der Waals surface area (Å²) in [5.41, 5.74) is 6.83. The number of nitro groups is 1. The number of carbonyl (C=O) groups is 1. The largest absolute Gasteiger partial charge is 0.480 e. The second kappa shape index (κ2) is 9.60. The first-order valence-electron chi connectivity index (χ1n) is 4.58. The third kappa shape index (κ3) is 9.33. The lowest BCUT2D eigenvalue weighted by Crippen LogP contribution is -2.36. The fourth-order valence-corrected chi connectivity index (χ4v) is 1.02. The number of guanidine groups is 1. The summed E-state index contributed by atoms with van der Waals surface area (Å²) in [4.78, 5) is 24.2. The van der Waals surface area contributed by atoms with Gasteiger partial charge in [0.25, 0.3) is 5.96 Å². The van der Waals surface area contributed by atoms with E-state index >= 15 is 0 Å². The number of hydrogen-bond acceptors (Lipinski definition) is 5. The van der Waals surface area contributed by atoms with Gasteiger partial charge in [-0.05, 0) is 19.9 Å². The molecular weight excluding hydrogens is 254 g/mol. The maximum Gasteiger partial charge on any atom is 0.320 e. The van der Waals surface area contributed by atoms with E-state index in [2.05, 4.69) is 10.3 Å². The highest BCUT2D eigenvalue weighted by Gasteiger charge is 2.13. The maximum absolute atomic E-state index is 10.6. The predicted molar refractivity (Wildman–Crippen MR) is 63.6 cm³/mol. The van der Waals surface area contributed by atoms with Gasteiger partial charge in [0.2, 0.25) is 0 Å². The first-order valence-corrected chi connectivity index (χ1v) is 4.58. The van der Waals surface area contributed by atoms with Gasteiger partial charge in [-0.15, -0.1) is 12.4 Å². The zero-order chi connectivity index (χ0) is 12.6. The number of nitrogens with two attached hydrogens (primary N) is 1. The summed E-state index contributed by atoms with van der Waals surface area (Å²) in [5.74, 6) is -1.23. The minimum atomic E-state index is -0.942. The molecule has 0 aliphatic heterocycles. The highest BCUT2D eigenvalue weighted by molar-refractivity contribution is 5.85. The lowest BCUT2D eigenvalue weighted by molar-refractivity contribution is -0.525. The van der Waals surface area contributed by atoms with Crippen molar-refractivity contribution in [1.29, 1.82) is 0 Å². The molecule has 0 aliphatic carbocycles. The van der Waals surface area contributed by atoms with Crippen LogP contribution in [-0.4, -0.2) is 41.7 Å². The quantitative estimate of drug-likeness (QED) is 0.152. The lowest BCUT2D eigenvalue weighted by atomic mass is 10.1. The molecule has 0 radical (unpaired) electrons. The molecule has 100 valence electrons. The van der Waals surface area contributed by atoms with Crippen LogP contribution in [-0.2, 0) is 4.79 Å². The molecule has 9 nitrogen and oxygen atoms in total. The van der Waals surface area contributed by atoms with Crippen LogP contribution in [0.25, 0.3) is 0 Å². The van der Waals surface area contributed by atoms with E-state index < -0.39 is 17.0 Å². The van der Waals surface area contributed by atoms with Gasteiger partial charge in [0, 0.05) is 6.54 Å². The molecule has 0 rings (SSSR count). The van der Waals surface area contributed by atoms with Gasteiger partial charge in [-0.3, -0.25) is 4.79 Å². The Balaban J connectivity index is 0. The third-order valence-corrected chi connectivity index (χ3v) is 1.79. The van der Waals surface area contributed by atoms with Crippen molar-refractivity contribution in [1.82, 2.24) is 10.7 Å². The molecule has 0 aromatic rings. The summed E-state index contributed by atoms with van der Waals surface area (Å²) in [6.45, 7) is 0.234. The van der Waals surface area contributed by atoms with Crippen molar-refractivity contribution in [3.8, 4) is 0 Å². The average Bonchev–Trinajstić information content (AvgIpc) is 2.16. The average molecular weight is 270 g/mol. The first-order chi connectivity index (χ1) is 7.47. The van der Waals surface area contributed by atoms with Crippen molar-refractivity contribution in [2.45, 2.75) is 18.9 Å². The van der Waals surface area contributed by atoms with Gasteiger partial charge in [-0.1, -0.05) is 5.43 Å². The van der Waals surface area contributed by atoms with Gasteiger partial charge >= 0.3 is 5.97 Å². The molecule has 5 N–H and O–H groups in total. The predicted octanol–water partition coefficient (Wildman–Crippen LogP) is -1.04. The fraction of sp³-hybridized carbons (Fsp3) is 0.714. The molecule has 0 spiro atoms. The number of halogens is 1. The third-order valence-electron chi connectivity index (χ3n) is 1.79. The molecule has 0 unspecified atom stereocenters. The minimum Gasteiger partial charge on any atom is -0.480 e. The van der Waals surface area contributed by atoms with Crippen molar-refractivity contribution in [2.24, 2.45) is 10.7 Å². The van der Waals surface area contributed by atoms with Crippen molar-refractivity contribution in [2.75, 3.05) is 13.6 Å². The van der Waals surface area contributed by atoms with E-state index in [0.717, 1.165) is 0 Å². The van der Waals surface area contributed by atoms with E-state index in [1.54, 1.807) is 12.5 Å². The molecule has 0 saturated carbocycles. The molecule has 10 heteroatoms. The van der Waals surface area contributed by atoms with E-state index in [9.17, 15) is 14.9 Å². The van der Waals surface area contributed by atoms with Crippen LogP contribution in [0, 0.1) is 10.1 Å². The maximum atomic E-state index is 10.6. The number of aliphatic carboxylic acids is 1. The second-order valence-electron chi connectivity index (χ2n) is 2.96. The van der Waals surface area contributed by atoms with Crippen molar-refractivity contribution in [3.05, 3.63) is 10.1 Å². The normalized spacial score (nSPS) is 12.4. The smallest absolute Gasteiger partial charge is 0.320 e. The van der Waals surface area contributed by atoms with Crippen LogP contribution in [0.5, 0.6) is 0 Å². The van der Waals surface area contributed by atoms with E-state index in [0.29, 0.717) is 12.8 Å². The zero-order valence-electron chi connectivity index (χ0n) is 9.25. The number of aliphatic imine (C=N–C) groups is 1. The zero-order valence-corrected chi connectivity index (χ0v) is 10.1. The van der Waals surface area contributed by atoms with Gasteiger partial charge in [0.05, 0.1) is 0 Å². The molecule has 0 amide bonds. The second-order valence-corrected chi connectivity index (χ2v) is 2.96. The van der Waals surface area contributed by atoms with E-state index in [4.69, 9.17) is 10.8 Å². The number of nitrogens with zero attached hydrogens (tertiary/aromatic N) is 2. The van der Waals surface area contributed by atoms with Gasteiger partial charge in [0.15, 0.2) is 5.03 Å². The summed E-state index contributed by atoms with van der Waals surface area (Å²) in [5, 5.41) is 20.4. The van der Waals surface area contributed by atoms with E-state index in [-0.39, 0.29) is 24.9 Å². The number of rotatable bonds is 7. The SMILES string of the molecule is CN[C@@H](CCCN=C(N)N[N+](=O)[O-])C(=O)O.Cl. The van der Waals surface area contributed by atoms with Crippen LogP contribution in [0.4, 0.5) is 0 Å². The van der Waals surface area contributed by atoms with Crippen LogP contribution >= 0.6 is 12.4 Å². The summed E-state index contributed by atoms with van der Waals surface area (Å²) in [7, 11) is 1.55. The lowest BCUT2D eigenvalue weighted by Gasteiger charge is -2.09. The van der Waals surface area contributed by atoms with E-state index in [1.165, 1.54) is 0 Å². The Morgan fingerprint density at radius 2 is 2.24 bits per heavy atom. The Labute approximate surface area is 104 Å².